The van der Waals surface area contributed by atoms with Crippen molar-refractivity contribution in [2.75, 3.05) is 18.1 Å². The number of aryl methyl sites for hydroxylation is 1. The number of benzene rings is 1. The molecular weight excluding hydrogens is 498 g/mol. The zero-order chi connectivity index (χ0) is 25.1. The minimum atomic E-state index is -1.22. The van der Waals surface area contributed by atoms with Crippen LogP contribution in [0.1, 0.15) is 12.5 Å². The first-order valence-electron chi connectivity index (χ1n) is 10.4. The molecule has 0 saturated carbocycles. The third kappa shape index (κ3) is 4.95. The number of aromatic hydroxyl groups is 1. The second-order valence-corrected chi connectivity index (χ2v) is 9.45. The standard InChI is InChI=1S/C20H21N7O6S2/c1-3-33-23-13(10-5-4-6-12(28)7-10)16(29)21-14-17(30)27-15(19(31)32)11(8-34-18(14)27)9-35-20-22-24-25-26(20)2/h4-7,14,18,28H,3,8-9H2,1-2H3,(H,21,29)(H,31,32)/t14?,18-/m1/s1. The largest absolute Gasteiger partial charge is 0.508 e. The highest BCUT2D eigenvalue weighted by Crippen LogP contribution is 2.41. The van der Waals surface area contributed by atoms with E-state index in [0.717, 1.165) is 0 Å². The van der Waals surface area contributed by atoms with E-state index in [1.807, 2.05) is 0 Å². The van der Waals surface area contributed by atoms with Crippen LogP contribution in [0.25, 0.3) is 0 Å². The number of nitrogens with one attached hydrogen (secondary N) is 1. The molecule has 184 valence electrons. The Labute approximate surface area is 207 Å². The van der Waals surface area contributed by atoms with Crippen molar-refractivity contribution in [2.24, 2.45) is 12.2 Å². The minimum absolute atomic E-state index is 0.0630. The van der Waals surface area contributed by atoms with Crippen molar-refractivity contribution >= 4 is 47.0 Å². The number of oxime groups is 1. The Morgan fingerprint density at radius 1 is 1.40 bits per heavy atom. The highest BCUT2D eigenvalue weighted by atomic mass is 32.2. The summed E-state index contributed by atoms with van der Waals surface area (Å²) in [4.78, 5) is 44.2. The molecule has 0 spiro atoms. The number of β-lactam (4-membered cyclic amide) rings is 1. The molecule has 1 aromatic carbocycles. The van der Waals surface area contributed by atoms with Gasteiger partial charge in [0, 0.05) is 24.1 Å². The molecule has 1 saturated heterocycles. The summed E-state index contributed by atoms with van der Waals surface area (Å²) >= 11 is 2.62. The van der Waals surface area contributed by atoms with Gasteiger partial charge in [0.2, 0.25) is 5.16 Å². The maximum Gasteiger partial charge on any atom is 0.352 e. The van der Waals surface area contributed by atoms with E-state index in [-0.39, 0.29) is 23.8 Å². The number of tetrazole rings is 1. The van der Waals surface area contributed by atoms with Gasteiger partial charge in [-0.3, -0.25) is 14.5 Å². The lowest BCUT2D eigenvalue weighted by Gasteiger charge is -2.49. The molecule has 2 aromatic rings. The normalized spacial score (nSPS) is 19.8. The molecule has 13 nitrogen and oxygen atoms in total. The van der Waals surface area contributed by atoms with E-state index in [9.17, 15) is 24.6 Å². The number of aromatic nitrogens is 4. The summed E-state index contributed by atoms with van der Waals surface area (Å²) in [5.41, 5.74) is 0.657. The molecule has 2 aliphatic rings. The number of rotatable bonds is 9. The molecule has 35 heavy (non-hydrogen) atoms. The van der Waals surface area contributed by atoms with Crippen LogP contribution in [-0.4, -0.2) is 88.3 Å². The fourth-order valence-corrected chi connectivity index (χ4v) is 5.84. The van der Waals surface area contributed by atoms with Gasteiger partial charge in [-0.25, -0.2) is 9.48 Å². The molecule has 1 aromatic heterocycles. The highest BCUT2D eigenvalue weighted by molar-refractivity contribution is 8.01. The van der Waals surface area contributed by atoms with Gasteiger partial charge in [0.15, 0.2) is 5.71 Å². The number of phenols is 1. The van der Waals surface area contributed by atoms with Crippen LogP contribution in [0, 0.1) is 0 Å². The second-order valence-electron chi connectivity index (χ2n) is 7.40. The number of carbonyl (C=O) groups excluding carboxylic acids is 2. The molecular formula is C20H21N7O6S2. The van der Waals surface area contributed by atoms with E-state index in [1.165, 1.54) is 45.2 Å². The van der Waals surface area contributed by atoms with E-state index in [0.29, 0.717) is 27.8 Å². The van der Waals surface area contributed by atoms with Gasteiger partial charge in [0.1, 0.15) is 29.5 Å². The fraction of sp³-hybridized carbons (Fsp3) is 0.350. The summed E-state index contributed by atoms with van der Waals surface area (Å²) in [5, 5.41) is 37.2. The summed E-state index contributed by atoms with van der Waals surface area (Å²) in [5.74, 6) is -1.86. The first-order valence-corrected chi connectivity index (χ1v) is 12.4. The smallest absolute Gasteiger partial charge is 0.352 e. The number of carboxylic acid groups (broad SMARTS) is 1. The Hall–Kier alpha value is -3.59. The van der Waals surface area contributed by atoms with Gasteiger partial charge in [-0.15, -0.1) is 16.9 Å². The van der Waals surface area contributed by atoms with Crippen LogP contribution in [0.4, 0.5) is 0 Å². The molecule has 0 aliphatic carbocycles. The number of amides is 2. The topological polar surface area (TPSA) is 172 Å². The maximum absolute atomic E-state index is 13.0. The Bertz CT molecular complexity index is 1230. The number of nitrogens with zero attached hydrogens (tertiary/aromatic N) is 6. The SMILES string of the molecule is CCON=C(C(=O)NC1C(=O)N2C(C(=O)O)=C(CSc3nnnn3C)CS[C@H]12)c1cccc(O)c1. The maximum atomic E-state index is 13.0. The molecule has 4 rings (SSSR count). The van der Waals surface area contributed by atoms with Crippen LogP contribution in [0.2, 0.25) is 0 Å². The third-order valence-corrected chi connectivity index (χ3v) is 7.55. The van der Waals surface area contributed by atoms with Crippen molar-refractivity contribution in [1.82, 2.24) is 30.4 Å². The molecule has 3 N–H and O–H groups in total. The number of hydrogen-bond acceptors (Lipinski definition) is 11. The Morgan fingerprint density at radius 2 is 2.20 bits per heavy atom. The zero-order valence-electron chi connectivity index (χ0n) is 18.6. The lowest BCUT2D eigenvalue weighted by Crippen LogP contribution is -2.71. The minimum Gasteiger partial charge on any atom is -0.508 e. The zero-order valence-corrected chi connectivity index (χ0v) is 20.2. The van der Waals surface area contributed by atoms with Crippen LogP contribution in [0.3, 0.4) is 0 Å². The van der Waals surface area contributed by atoms with Crippen molar-refractivity contribution in [2.45, 2.75) is 23.5 Å². The second kappa shape index (κ2) is 10.4. The fourth-order valence-electron chi connectivity index (χ4n) is 3.51. The van der Waals surface area contributed by atoms with E-state index >= 15 is 0 Å². The van der Waals surface area contributed by atoms with Crippen LogP contribution in [0.5, 0.6) is 5.75 Å². The molecule has 2 amide bonds. The van der Waals surface area contributed by atoms with Crippen molar-refractivity contribution in [3.05, 3.63) is 41.1 Å². The number of fused-ring (bicyclic) bond motifs is 1. The molecule has 15 heteroatoms. The Kier molecular flexibility index (Phi) is 7.25. The Balaban J connectivity index is 1.51. The van der Waals surface area contributed by atoms with E-state index in [2.05, 4.69) is 26.0 Å². The first-order chi connectivity index (χ1) is 16.8. The van der Waals surface area contributed by atoms with Gasteiger partial charge in [-0.2, -0.15) is 0 Å². The van der Waals surface area contributed by atoms with Crippen molar-refractivity contribution in [1.29, 1.82) is 0 Å². The Morgan fingerprint density at radius 3 is 2.86 bits per heavy atom. The number of thioether (sulfide) groups is 2. The lowest BCUT2D eigenvalue weighted by atomic mass is 10.0. The predicted octanol–water partition coefficient (Wildman–Crippen LogP) is 0.187. The number of aliphatic carboxylic acids is 1. The van der Waals surface area contributed by atoms with Crippen molar-refractivity contribution < 1.29 is 29.4 Å². The molecule has 0 bridgehead atoms. The van der Waals surface area contributed by atoms with E-state index in [1.54, 1.807) is 26.1 Å². The van der Waals surface area contributed by atoms with Crippen LogP contribution >= 0.6 is 23.5 Å². The van der Waals surface area contributed by atoms with Gasteiger partial charge in [0.25, 0.3) is 11.8 Å². The first kappa shape index (κ1) is 24.5. The third-order valence-electron chi connectivity index (χ3n) is 5.11. The lowest BCUT2D eigenvalue weighted by molar-refractivity contribution is -0.150. The molecule has 1 fully saturated rings. The molecule has 2 atom stereocenters. The van der Waals surface area contributed by atoms with Crippen LogP contribution in [0.15, 0.2) is 45.8 Å². The monoisotopic (exact) mass is 519 g/mol. The predicted molar refractivity (Wildman–Crippen MR) is 125 cm³/mol. The van der Waals surface area contributed by atoms with Gasteiger partial charge < -0.3 is 20.4 Å². The quantitative estimate of drug-likeness (QED) is 0.179. The molecule has 3 heterocycles. The summed E-state index contributed by atoms with van der Waals surface area (Å²) in [7, 11) is 1.67. The number of carboxylic acids is 1. The van der Waals surface area contributed by atoms with Gasteiger partial charge in [-0.05, 0) is 35.1 Å². The molecule has 1 unspecified atom stereocenters. The van der Waals surface area contributed by atoms with Crippen LogP contribution in [-0.2, 0) is 26.3 Å². The van der Waals surface area contributed by atoms with Gasteiger partial charge >= 0.3 is 5.97 Å². The summed E-state index contributed by atoms with van der Waals surface area (Å²) in [6, 6.07) is 4.98. The average Bonchev–Trinajstić information content (AvgIpc) is 3.25. The van der Waals surface area contributed by atoms with Gasteiger partial charge in [0.05, 0.1) is 0 Å². The molecule has 2 aliphatic heterocycles. The van der Waals surface area contributed by atoms with Crippen molar-refractivity contribution in [3.63, 3.8) is 0 Å². The summed E-state index contributed by atoms with van der Waals surface area (Å²) < 4.78 is 1.47. The van der Waals surface area contributed by atoms with Crippen LogP contribution < -0.4 is 5.32 Å². The highest BCUT2D eigenvalue weighted by Gasteiger charge is 2.54. The average molecular weight is 520 g/mol. The summed E-state index contributed by atoms with van der Waals surface area (Å²) in [6.45, 7) is 1.91. The van der Waals surface area contributed by atoms with E-state index < -0.39 is 29.2 Å². The number of hydrogen-bond donors (Lipinski definition) is 3. The van der Waals surface area contributed by atoms with E-state index in [4.69, 9.17) is 4.84 Å². The number of carbonyl (C=O) groups is 3. The van der Waals surface area contributed by atoms with Gasteiger partial charge in [-0.1, -0.05) is 29.1 Å². The number of phenolic OH excluding ortho intramolecular Hbond substituents is 1. The summed E-state index contributed by atoms with van der Waals surface area (Å²) in [6.07, 6.45) is 0. The van der Waals surface area contributed by atoms with Crippen molar-refractivity contribution in [3.8, 4) is 5.75 Å². The molecule has 0 radical (unpaired) electrons.